The van der Waals surface area contributed by atoms with Gasteiger partial charge in [-0.1, -0.05) is 32.1 Å². The van der Waals surface area contributed by atoms with Gasteiger partial charge in [0.2, 0.25) is 6.79 Å². The summed E-state index contributed by atoms with van der Waals surface area (Å²) in [7, 11) is 1.01. The van der Waals surface area contributed by atoms with Gasteiger partial charge in [0.15, 0.2) is 11.5 Å². The van der Waals surface area contributed by atoms with Gasteiger partial charge in [-0.2, -0.15) is 0 Å². The molecule has 3 heterocycles. The fourth-order valence-electron chi connectivity index (χ4n) is 7.66. The molecule has 7 N–H and O–H groups in total. The van der Waals surface area contributed by atoms with Crippen LogP contribution in [0.15, 0.2) is 52.5 Å². The van der Waals surface area contributed by atoms with E-state index in [9.17, 15) is 54.6 Å². The van der Waals surface area contributed by atoms with Crippen LogP contribution in [-0.2, 0) is 38.1 Å². The third-order valence-electron chi connectivity index (χ3n) is 10.9. The van der Waals surface area contributed by atoms with E-state index < -0.39 is 95.5 Å². The zero-order valence-electron chi connectivity index (χ0n) is 34.8. The number of aliphatic hydroxyl groups is 5. The number of phenols is 1. The van der Waals surface area contributed by atoms with E-state index in [4.69, 9.17) is 23.7 Å². The van der Waals surface area contributed by atoms with Crippen LogP contribution >= 0.6 is 0 Å². The number of Topliss-reactive ketones (excluding diaryl/α,β-unsaturated/α-hetero) is 1. The first-order chi connectivity index (χ1) is 27.3. The van der Waals surface area contributed by atoms with Gasteiger partial charge in [-0.25, -0.2) is 0 Å². The van der Waals surface area contributed by atoms with Crippen LogP contribution in [0, 0.1) is 24.7 Å². The minimum atomic E-state index is -2.26. The third kappa shape index (κ3) is 8.99. The van der Waals surface area contributed by atoms with Crippen LogP contribution < -0.4 is 10.1 Å². The number of esters is 3. The zero-order valence-corrected chi connectivity index (χ0v) is 34.8. The van der Waals surface area contributed by atoms with E-state index in [0.29, 0.717) is 0 Å². The van der Waals surface area contributed by atoms with E-state index >= 15 is 0 Å². The zero-order chi connectivity index (χ0) is 44.6. The Hall–Kier alpha value is -5.33. The molecule has 1 amide bonds. The predicted octanol–water partition coefficient (Wildman–Crippen LogP) is 2.79. The number of hydrogen-bond donors (Lipinski definition) is 7. The summed E-state index contributed by atoms with van der Waals surface area (Å²) in [6.07, 6.45) is -2.49. The molecule has 1 aliphatic carbocycles. The Labute approximate surface area is 341 Å². The number of rotatable bonds is 3. The Morgan fingerprint density at radius 1 is 0.864 bits per heavy atom. The third-order valence-corrected chi connectivity index (χ3v) is 10.9. The van der Waals surface area contributed by atoms with Crippen molar-refractivity contribution < 1.29 is 78.3 Å². The molecule has 5 rings (SSSR count). The van der Waals surface area contributed by atoms with Crippen molar-refractivity contribution in [1.82, 2.24) is 0 Å². The lowest BCUT2D eigenvalue weighted by atomic mass is 9.74. The molecule has 17 heteroatoms. The van der Waals surface area contributed by atoms with Crippen LogP contribution in [0.3, 0.4) is 0 Å². The number of allylic oxidation sites excluding steroid dienone is 5. The number of ether oxygens (including phenoxy) is 5. The highest BCUT2D eigenvalue weighted by molar-refractivity contribution is 6.21. The minimum Gasteiger partial charge on any atom is -0.505 e. The Bertz CT molecular complexity index is 2090. The Morgan fingerprint density at radius 2 is 1.46 bits per heavy atom. The van der Waals surface area contributed by atoms with E-state index in [1.165, 1.54) is 73.6 Å². The first-order valence-electron chi connectivity index (χ1n) is 18.8. The maximum atomic E-state index is 14.0. The first kappa shape index (κ1) is 46.4. The fourth-order valence-corrected chi connectivity index (χ4v) is 7.66. The average molecular weight is 828 g/mol. The molecule has 17 nitrogen and oxygen atoms in total. The molecule has 9 atom stereocenters. The maximum absolute atomic E-state index is 14.0. The van der Waals surface area contributed by atoms with Crippen molar-refractivity contribution in [3.05, 3.63) is 69.2 Å². The monoisotopic (exact) mass is 827 g/mol. The quantitative estimate of drug-likeness (QED) is 0.131. The number of carbonyl (C=O) groups excluding carboxylic acids is 5. The molecule has 322 valence electrons. The predicted molar refractivity (Wildman–Crippen MR) is 209 cm³/mol. The first-order valence-corrected chi connectivity index (χ1v) is 18.8. The second-order valence-corrected chi connectivity index (χ2v) is 15.6. The van der Waals surface area contributed by atoms with E-state index in [-0.39, 0.29) is 61.9 Å². The molecule has 0 aromatic heterocycles. The second-order valence-electron chi connectivity index (χ2n) is 15.6. The number of aliphatic hydroxyl groups excluding tert-OH is 3. The highest BCUT2D eigenvalue weighted by Crippen LogP contribution is 2.53. The lowest BCUT2D eigenvalue weighted by molar-refractivity contribution is -0.183. The Kier molecular flexibility index (Phi) is 13.7. The summed E-state index contributed by atoms with van der Waals surface area (Å²) in [5, 5.41) is 72.5. The molecule has 1 aromatic rings. The van der Waals surface area contributed by atoms with E-state index in [1.807, 2.05) is 0 Å². The summed E-state index contributed by atoms with van der Waals surface area (Å²) in [6.45, 7) is 12.5. The van der Waals surface area contributed by atoms with Gasteiger partial charge in [-0.3, -0.25) is 24.0 Å². The summed E-state index contributed by atoms with van der Waals surface area (Å²) in [5.74, 6) is -9.89. The topological polar surface area (TPSA) is 265 Å². The van der Waals surface area contributed by atoms with Gasteiger partial charge in [0, 0.05) is 48.0 Å². The van der Waals surface area contributed by atoms with Crippen LogP contribution in [0.5, 0.6) is 11.5 Å². The number of amides is 1. The van der Waals surface area contributed by atoms with Gasteiger partial charge in [0.1, 0.15) is 40.5 Å². The number of nitrogens with one attached hydrogen (secondary N) is 1. The molecule has 9 unspecified atom stereocenters. The minimum absolute atomic E-state index is 0.00133. The Morgan fingerprint density at radius 3 is 2.03 bits per heavy atom. The highest BCUT2D eigenvalue weighted by atomic mass is 16.7. The summed E-state index contributed by atoms with van der Waals surface area (Å²) >= 11 is 0. The molecule has 0 saturated heterocycles. The summed E-state index contributed by atoms with van der Waals surface area (Å²) < 4.78 is 27.9. The van der Waals surface area contributed by atoms with Crippen molar-refractivity contribution in [3.63, 3.8) is 0 Å². The molecular formula is C42H53NO16. The number of phenolic OH excluding ortho intramolecular Hbond substituents is 1. The summed E-state index contributed by atoms with van der Waals surface area (Å²) in [4.78, 5) is 66.1. The van der Waals surface area contributed by atoms with Crippen molar-refractivity contribution in [2.24, 2.45) is 17.8 Å². The van der Waals surface area contributed by atoms with Gasteiger partial charge in [-0.15, -0.1) is 0 Å². The van der Waals surface area contributed by atoms with Gasteiger partial charge in [-0.05, 0) is 53.2 Å². The smallest absolute Gasteiger partial charge is 0.315 e. The number of hydrogen-bond acceptors (Lipinski definition) is 16. The molecule has 4 aliphatic rings. The fraction of sp³-hybridized carbons (Fsp3) is 0.500. The summed E-state index contributed by atoms with van der Waals surface area (Å²) in [6, 6.07) is 0. The molecule has 1 aromatic carbocycles. The van der Waals surface area contributed by atoms with Crippen molar-refractivity contribution in [2.75, 3.05) is 19.2 Å². The standard InChI is InChI=1S/C42H53NO16/c1-17-13-12-14-41(9,53)37(49)21(5)31(47)28(40(52)55-11)36(59-24(8)45)22(6)38(50)42(10,54)15-18(2)33-27-25-26(30(46)20(4)34(27)57-16-56-33)32(48)29(43-39(17)51)19(3)35(25)58-23(7)44/h12-15,21-22,28,31,36-38,47-50,53-54H,16H2,1-11H3,(H,43,51)/b14-12-,17-13+,18-15+. The number of benzene rings is 1. The van der Waals surface area contributed by atoms with Crippen molar-refractivity contribution in [3.8, 4) is 11.5 Å². The molecule has 0 saturated carbocycles. The van der Waals surface area contributed by atoms with E-state index in [0.717, 1.165) is 27.0 Å². The van der Waals surface area contributed by atoms with Gasteiger partial charge in [0.25, 0.3) is 5.91 Å². The lowest BCUT2D eigenvalue weighted by Crippen LogP contribution is -2.55. The molecule has 0 fully saturated rings. The van der Waals surface area contributed by atoms with Crippen LogP contribution in [0.2, 0.25) is 0 Å². The second kappa shape index (κ2) is 17.5. The SMILES string of the molecule is COC(=O)C1C(O)C(C)C(O)C(C)(O)/C=C\C=C(/C)C(=O)Nc2c(C)c(OC(C)=O)c3c(c2O)C(=O)C(C)=C2OCOC(=C23)/C(C)=C/C(C)(O)C(O)C(C)C1OC(C)=O. The highest BCUT2D eigenvalue weighted by Gasteiger charge is 2.50. The van der Waals surface area contributed by atoms with E-state index in [2.05, 4.69) is 5.32 Å². The molecule has 0 radical (unpaired) electrons. The summed E-state index contributed by atoms with van der Waals surface area (Å²) in [5.41, 5.74) is -5.03. The van der Waals surface area contributed by atoms with Crippen LogP contribution in [0.4, 0.5) is 5.69 Å². The number of ketones is 1. The van der Waals surface area contributed by atoms with E-state index in [1.54, 1.807) is 0 Å². The van der Waals surface area contributed by atoms with Gasteiger partial charge >= 0.3 is 17.9 Å². The van der Waals surface area contributed by atoms with Crippen molar-refractivity contribution in [1.29, 1.82) is 0 Å². The van der Waals surface area contributed by atoms with Gasteiger partial charge < -0.3 is 59.6 Å². The molecule has 4 bridgehead atoms. The average Bonchev–Trinajstić information content (AvgIpc) is 3.16. The van der Waals surface area contributed by atoms with Gasteiger partial charge in [0.05, 0.1) is 42.2 Å². The maximum Gasteiger partial charge on any atom is 0.315 e. The van der Waals surface area contributed by atoms with Crippen LogP contribution in [0.1, 0.15) is 83.8 Å². The largest absolute Gasteiger partial charge is 0.505 e. The van der Waals surface area contributed by atoms with Crippen molar-refractivity contribution >= 4 is 40.9 Å². The Balaban J connectivity index is 2.12. The molecule has 59 heavy (non-hydrogen) atoms. The van der Waals surface area contributed by atoms with Crippen LogP contribution in [-0.4, -0.2) is 110 Å². The lowest BCUT2D eigenvalue weighted by Gasteiger charge is -2.41. The number of methoxy groups -OCH3 is 1. The number of fused-ring (bicyclic) bond motifs is 14. The number of carbonyl (C=O) groups is 5. The van der Waals surface area contributed by atoms with Crippen molar-refractivity contribution in [2.45, 2.75) is 105 Å². The number of anilines is 1. The number of aromatic hydroxyl groups is 1. The molecule has 3 aliphatic heterocycles. The van der Waals surface area contributed by atoms with Crippen LogP contribution in [0.25, 0.3) is 5.57 Å². The molecular weight excluding hydrogens is 774 g/mol. The normalized spacial score (nSPS) is 33.0. The molecule has 0 spiro atoms.